The smallest absolute Gasteiger partial charge is 0.302 e. The van der Waals surface area contributed by atoms with Crippen molar-refractivity contribution in [1.29, 1.82) is 0 Å². The molecule has 31 heavy (non-hydrogen) atoms. The van der Waals surface area contributed by atoms with Gasteiger partial charge < -0.3 is 5.11 Å². The van der Waals surface area contributed by atoms with Gasteiger partial charge in [-0.1, -0.05) is 0 Å². The van der Waals surface area contributed by atoms with Crippen LogP contribution in [0.5, 0.6) is 0 Å². The Morgan fingerprint density at radius 3 is 2.23 bits per heavy atom. The van der Waals surface area contributed by atoms with E-state index in [0.717, 1.165) is 17.0 Å². The number of Topliss-reactive ketones (excluding diaryl/α,β-unsaturated/α-hetero) is 1. The Hall–Kier alpha value is -4.47. The van der Waals surface area contributed by atoms with Gasteiger partial charge in [0, 0.05) is 30.1 Å². The summed E-state index contributed by atoms with van der Waals surface area (Å²) in [6.07, 6.45) is 2.77. The van der Waals surface area contributed by atoms with Crippen molar-refractivity contribution in [3.8, 4) is 0 Å². The molecule has 154 valence electrons. The first-order chi connectivity index (χ1) is 14.9. The van der Waals surface area contributed by atoms with E-state index in [4.69, 9.17) is 0 Å². The molecule has 0 aliphatic carbocycles. The Morgan fingerprint density at radius 1 is 1.03 bits per heavy atom. The van der Waals surface area contributed by atoms with Crippen LogP contribution in [-0.4, -0.2) is 31.7 Å². The molecule has 1 aromatic heterocycles. The fourth-order valence-electron chi connectivity index (χ4n) is 3.31. The van der Waals surface area contributed by atoms with Gasteiger partial charge in [0.1, 0.15) is 11.6 Å². The molecule has 0 saturated carbocycles. The molecule has 3 aromatic rings. The van der Waals surface area contributed by atoms with Crippen molar-refractivity contribution in [2.45, 2.75) is 6.04 Å². The number of carbonyl (C=O) groups excluding carboxylic acids is 2. The summed E-state index contributed by atoms with van der Waals surface area (Å²) in [5, 5.41) is 21.8. The van der Waals surface area contributed by atoms with E-state index in [1.807, 2.05) is 0 Å². The third-order valence-electron chi connectivity index (χ3n) is 4.75. The maximum atomic E-state index is 13.3. The highest BCUT2D eigenvalue weighted by Gasteiger charge is 2.48. The molecular weight excluding hydrogens is 407 g/mol. The maximum Gasteiger partial charge on any atom is 0.302 e. The lowest BCUT2D eigenvalue weighted by atomic mass is 9.95. The monoisotopic (exact) mass is 420 g/mol. The zero-order valence-corrected chi connectivity index (χ0v) is 15.7. The first-order valence-electron chi connectivity index (χ1n) is 8.97. The van der Waals surface area contributed by atoms with Crippen LogP contribution in [0.25, 0.3) is 5.76 Å². The van der Waals surface area contributed by atoms with Crippen molar-refractivity contribution >= 4 is 29.1 Å². The highest BCUT2D eigenvalue weighted by molar-refractivity contribution is 6.51. The van der Waals surface area contributed by atoms with Crippen molar-refractivity contribution in [2.24, 2.45) is 0 Å². The highest BCUT2D eigenvalue weighted by atomic mass is 19.1. The maximum absolute atomic E-state index is 13.3. The molecule has 1 aliphatic heterocycles. The number of nitrogens with zero attached hydrogens (tertiary/aromatic N) is 4. The molecule has 4 rings (SSSR count). The first kappa shape index (κ1) is 19.8. The van der Waals surface area contributed by atoms with Crippen molar-refractivity contribution in [3.63, 3.8) is 0 Å². The van der Waals surface area contributed by atoms with Gasteiger partial charge in [-0.25, -0.2) is 14.4 Å². The number of hydrogen-bond acceptors (Lipinski definition) is 7. The van der Waals surface area contributed by atoms with Crippen LogP contribution in [0.1, 0.15) is 17.2 Å². The summed E-state index contributed by atoms with van der Waals surface area (Å²) in [6.45, 7) is 0. The second-order valence-electron chi connectivity index (χ2n) is 6.57. The van der Waals surface area contributed by atoms with Gasteiger partial charge in [-0.15, -0.1) is 0 Å². The Balaban J connectivity index is 1.92. The number of ketones is 1. The zero-order valence-electron chi connectivity index (χ0n) is 15.7. The molecule has 1 N–H and O–H groups in total. The fraction of sp³-hybridized carbons (Fsp3) is 0.0476. The molecule has 1 saturated heterocycles. The molecule has 0 bridgehead atoms. The quantitative estimate of drug-likeness (QED) is 0.226. The summed E-state index contributed by atoms with van der Waals surface area (Å²) in [6, 6.07) is 10.3. The molecule has 2 heterocycles. The molecule has 1 atom stereocenters. The number of halogens is 1. The fourth-order valence-corrected chi connectivity index (χ4v) is 3.31. The van der Waals surface area contributed by atoms with Gasteiger partial charge in [0.15, 0.2) is 0 Å². The largest absolute Gasteiger partial charge is 0.507 e. The molecule has 0 unspecified atom stereocenters. The summed E-state index contributed by atoms with van der Waals surface area (Å²) < 4.78 is 13.3. The van der Waals surface area contributed by atoms with Crippen molar-refractivity contribution < 1.29 is 24.0 Å². The van der Waals surface area contributed by atoms with Crippen LogP contribution in [0.3, 0.4) is 0 Å². The van der Waals surface area contributed by atoms with Gasteiger partial charge in [0.05, 0.1) is 16.5 Å². The van der Waals surface area contributed by atoms with E-state index < -0.39 is 34.2 Å². The third kappa shape index (κ3) is 3.50. The lowest BCUT2D eigenvalue weighted by Gasteiger charge is -2.23. The summed E-state index contributed by atoms with van der Waals surface area (Å²) in [5.74, 6) is -3.09. The number of aliphatic hydroxyl groups excluding tert-OH is 1. The molecule has 9 nitrogen and oxygen atoms in total. The molecule has 0 radical (unpaired) electrons. The van der Waals surface area contributed by atoms with Crippen molar-refractivity contribution in [2.75, 3.05) is 4.90 Å². The zero-order chi connectivity index (χ0) is 22.1. The number of amides is 1. The van der Waals surface area contributed by atoms with Crippen molar-refractivity contribution in [1.82, 2.24) is 9.97 Å². The second kappa shape index (κ2) is 7.75. The average Bonchev–Trinajstić information content (AvgIpc) is 3.05. The number of anilines is 1. The number of benzene rings is 2. The van der Waals surface area contributed by atoms with Crippen LogP contribution in [0, 0.1) is 15.9 Å². The number of rotatable bonds is 4. The number of nitro benzene ring substituents is 1. The minimum atomic E-state index is -1.15. The van der Waals surface area contributed by atoms with Crippen LogP contribution in [0.15, 0.2) is 72.6 Å². The first-order valence-corrected chi connectivity index (χ1v) is 8.97. The SMILES string of the molecule is O=C1C(=O)N(c2ncccn2)[C@@H](c2ccc([N+](=O)[O-])cc2)C1=C(O)c1ccc(F)cc1. The van der Waals surface area contributed by atoms with E-state index in [9.17, 15) is 29.2 Å². The van der Waals surface area contributed by atoms with E-state index in [-0.39, 0.29) is 22.8 Å². The Morgan fingerprint density at radius 2 is 1.65 bits per heavy atom. The van der Waals surface area contributed by atoms with E-state index >= 15 is 0 Å². The van der Waals surface area contributed by atoms with Crippen LogP contribution in [0.4, 0.5) is 16.0 Å². The number of non-ortho nitro benzene ring substituents is 1. The normalized spacial score (nSPS) is 17.7. The van der Waals surface area contributed by atoms with Crippen LogP contribution < -0.4 is 4.90 Å². The Bertz CT molecular complexity index is 1210. The van der Waals surface area contributed by atoms with Gasteiger partial charge in [-0.3, -0.25) is 24.6 Å². The van der Waals surface area contributed by atoms with Crippen LogP contribution in [0.2, 0.25) is 0 Å². The summed E-state index contributed by atoms with van der Waals surface area (Å²) in [5.41, 5.74) is -0.00526. The summed E-state index contributed by atoms with van der Waals surface area (Å²) >= 11 is 0. The number of nitro groups is 1. The van der Waals surface area contributed by atoms with E-state index in [1.165, 1.54) is 54.9 Å². The predicted molar refractivity (Wildman–Crippen MR) is 106 cm³/mol. The van der Waals surface area contributed by atoms with Crippen molar-refractivity contribution in [3.05, 3.63) is 99.6 Å². The standard InChI is InChI=1S/C21H13FN4O5/c22-14-6-2-13(3-7-14)18(27)16-17(12-4-8-15(9-5-12)26(30)31)25(20(29)19(16)28)21-23-10-1-11-24-21/h1-11,17,27H/t17-/m0/s1. The third-order valence-corrected chi connectivity index (χ3v) is 4.75. The Labute approximate surface area is 174 Å². The van der Waals surface area contributed by atoms with Crippen LogP contribution >= 0.6 is 0 Å². The summed E-state index contributed by atoms with van der Waals surface area (Å²) in [4.78, 5) is 45.2. The van der Waals surface area contributed by atoms with E-state index in [1.54, 1.807) is 0 Å². The number of hydrogen-bond donors (Lipinski definition) is 1. The summed E-state index contributed by atoms with van der Waals surface area (Å²) in [7, 11) is 0. The number of carbonyl (C=O) groups is 2. The lowest BCUT2D eigenvalue weighted by molar-refractivity contribution is -0.384. The molecule has 0 spiro atoms. The average molecular weight is 420 g/mol. The van der Waals surface area contributed by atoms with Gasteiger partial charge in [-0.2, -0.15) is 0 Å². The molecule has 1 amide bonds. The molecule has 1 aliphatic rings. The van der Waals surface area contributed by atoms with Gasteiger partial charge in [-0.05, 0) is 48.0 Å². The molecule has 1 fully saturated rings. The lowest BCUT2D eigenvalue weighted by Crippen LogP contribution is -2.31. The molecular formula is C21H13FN4O5. The van der Waals surface area contributed by atoms with E-state index in [2.05, 4.69) is 9.97 Å². The van der Waals surface area contributed by atoms with E-state index in [0.29, 0.717) is 5.56 Å². The second-order valence-corrected chi connectivity index (χ2v) is 6.57. The molecule has 2 aromatic carbocycles. The highest BCUT2D eigenvalue weighted by Crippen LogP contribution is 2.41. The number of aliphatic hydroxyl groups is 1. The van der Waals surface area contributed by atoms with Gasteiger partial charge in [0.25, 0.3) is 11.5 Å². The topological polar surface area (TPSA) is 127 Å². The predicted octanol–water partition coefficient (Wildman–Crippen LogP) is 3.15. The van der Waals surface area contributed by atoms with Gasteiger partial charge in [0.2, 0.25) is 5.95 Å². The number of aromatic nitrogens is 2. The Kier molecular flexibility index (Phi) is 4.96. The minimum absolute atomic E-state index is 0.0777. The van der Waals surface area contributed by atoms with Gasteiger partial charge >= 0.3 is 5.91 Å². The minimum Gasteiger partial charge on any atom is -0.507 e. The molecule has 10 heteroatoms. The van der Waals surface area contributed by atoms with Crippen LogP contribution in [-0.2, 0) is 9.59 Å².